The molecule has 3 aromatic carbocycles. The van der Waals surface area contributed by atoms with Gasteiger partial charge in [0, 0.05) is 29.6 Å². The van der Waals surface area contributed by atoms with E-state index in [4.69, 9.17) is 16.3 Å². The minimum absolute atomic E-state index is 0.0288. The highest BCUT2D eigenvalue weighted by atomic mass is 35.5. The van der Waals surface area contributed by atoms with Gasteiger partial charge in [-0.1, -0.05) is 35.9 Å². The van der Waals surface area contributed by atoms with Crippen LogP contribution < -0.4 is 5.32 Å². The van der Waals surface area contributed by atoms with E-state index in [1.807, 2.05) is 83.7 Å². The number of ether oxygens (including phenoxy) is 1. The SMILES string of the molecule is O=C(Nc1ccc(-n2cnc3ccccc32)cc1)C1(c2cccc(Cl)c2)CCOCC1. The number of anilines is 1. The fourth-order valence-electron chi connectivity index (χ4n) is 4.27. The lowest BCUT2D eigenvalue weighted by molar-refractivity contribution is -0.125. The Kier molecular flexibility index (Phi) is 5.22. The lowest BCUT2D eigenvalue weighted by Crippen LogP contribution is -2.44. The number of carbonyl (C=O) groups excluding carboxylic acids is 1. The molecule has 1 amide bonds. The van der Waals surface area contributed by atoms with E-state index in [0.29, 0.717) is 31.1 Å². The molecule has 1 fully saturated rings. The second-order valence-corrected chi connectivity index (χ2v) is 8.25. The molecule has 6 heteroatoms. The maximum Gasteiger partial charge on any atom is 0.235 e. The van der Waals surface area contributed by atoms with Crippen molar-refractivity contribution in [2.45, 2.75) is 18.3 Å². The van der Waals surface area contributed by atoms with Gasteiger partial charge in [-0.25, -0.2) is 4.98 Å². The zero-order chi connectivity index (χ0) is 21.3. The van der Waals surface area contributed by atoms with Crippen molar-refractivity contribution in [1.29, 1.82) is 0 Å². The number of halogens is 1. The van der Waals surface area contributed by atoms with Crippen LogP contribution in [0.5, 0.6) is 0 Å². The van der Waals surface area contributed by atoms with Crippen LogP contribution in [0.2, 0.25) is 5.02 Å². The van der Waals surface area contributed by atoms with Crippen molar-refractivity contribution < 1.29 is 9.53 Å². The van der Waals surface area contributed by atoms with Crippen molar-refractivity contribution in [3.63, 3.8) is 0 Å². The first-order valence-corrected chi connectivity index (χ1v) is 10.7. The number of benzene rings is 3. The van der Waals surface area contributed by atoms with Gasteiger partial charge in [0.15, 0.2) is 0 Å². The number of nitrogens with zero attached hydrogens (tertiary/aromatic N) is 2. The van der Waals surface area contributed by atoms with E-state index in [0.717, 1.165) is 28.0 Å². The minimum atomic E-state index is -0.650. The first-order valence-electron chi connectivity index (χ1n) is 10.3. The average molecular weight is 432 g/mol. The summed E-state index contributed by atoms with van der Waals surface area (Å²) >= 11 is 6.23. The summed E-state index contributed by atoms with van der Waals surface area (Å²) in [5.74, 6) is -0.0288. The Hall–Kier alpha value is -3.15. The summed E-state index contributed by atoms with van der Waals surface area (Å²) in [5.41, 5.74) is 4.02. The van der Waals surface area contributed by atoms with Gasteiger partial charge < -0.3 is 10.1 Å². The number of amides is 1. The van der Waals surface area contributed by atoms with Crippen molar-refractivity contribution in [2.75, 3.05) is 18.5 Å². The molecule has 0 atom stereocenters. The van der Waals surface area contributed by atoms with E-state index in [-0.39, 0.29) is 5.91 Å². The van der Waals surface area contributed by atoms with Crippen LogP contribution in [0.3, 0.4) is 0 Å². The van der Waals surface area contributed by atoms with Gasteiger partial charge >= 0.3 is 0 Å². The molecule has 2 heterocycles. The number of hydrogen-bond donors (Lipinski definition) is 1. The summed E-state index contributed by atoms with van der Waals surface area (Å²) in [6.07, 6.45) is 3.06. The standard InChI is InChI=1S/C25H22ClN3O2/c26-19-5-3-4-18(16-19)25(12-14-31-15-13-25)24(30)28-20-8-10-21(11-9-20)29-17-27-22-6-1-2-7-23(22)29/h1-11,16-17H,12-15H2,(H,28,30). The molecular formula is C25H22ClN3O2. The van der Waals surface area contributed by atoms with Crippen LogP contribution in [0.1, 0.15) is 18.4 Å². The van der Waals surface area contributed by atoms with Gasteiger partial charge in [-0.3, -0.25) is 9.36 Å². The Bertz CT molecular complexity index is 1230. The number of carbonyl (C=O) groups is 1. The van der Waals surface area contributed by atoms with Gasteiger partial charge in [-0.05, 0) is 66.9 Å². The number of nitrogens with one attached hydrogen (secondary N) is 1. The highest BCUT2D eigenvalue weighted by Gasteiger charge is 2.41. The molecule has 0 spiro atoms. The van der Waals surface area contributed by atoms with Crippen molar-refractivity contribution in [3.05, 3.63) is 89.7 Å². The van der Waals surface area contributed by atoms with Gasteiger partial charge in [0.25, 0.3) is 0 Å². The third-order valence-electron chi connectivity index (χ3n) is 6.02. The molecule has 1 aliphatic heterocycles. The largest absolute Gasteiger partial charge is 0.381 e. The van der Waals surface area contributed by atoms with Gasteiger partial charge in [0.1, 0.15) is 6.33 Å². The maximum atomic E-state index is 13.5. The van der Waals surface area contributed by atoms with E-state index in [1.54, 1.807) is 0 Å². The first kappa shape index (κ1) is 19.8. The molecular weight excluding hydrogens is 410 g/mol. The summed E-state index contributed by atoms with van der Waals surface area (Å²) in [6.45, 7) is 1.10. The fraction of sp³-hybridized carbons (Fsp3) is 0.200. The lowest BCUT2D eigenvalue weighted by atomic mass is 9.73. The molecule has 0 aliphatic carbocycles. The molecule has 31 heavy (non-hydrogen) atoms. The monoisotopic (exact) mass is 431 g/mol. The molecule has 156 valence electrons. The highest BCUT2D eigenvalue weighted by molar-refractivity contribution is 6.30. The predicted octanol–water partition coefficient (Wildman–Crippen LogP) is 5.37. The fourth-order valence-corrected chi connectivity index (χ4v) is 4.46. The zero-order valence-electron chi connectivity index (χ0n) is 16.9. The quantitative estimate of drug-likeness (QED) is 0.473. The normalized spacial score (nSPS) is 15.6. The molecule has 1 aromatic heterocycles. The Morgan fingerprint density at radius 1 is 1.00 bits per heavy atom. The molecule has 1 saturated heterocycles. The molecule has 1 N–H and O–H groups in total. The third-order valence-corrected chi connectivity index (χ3v) is 6.25. The minimum Gasteiger partial charge on any atom is -0.381 e. The van der Waals surface area contributed by atoms with Crippen LogP contribution in [0.4, 0.5) is 5.69 Å². The Morgan fingerprint density at radius 3 is 2.55 bits per heavy atom. The summed E-state index contributed by atoms with van der Waals surface area (Å²) in [5, 5.41) is 3.75. The van der Waals surface area contributed by atoms with Crippen LogP contribution in [-0.2, 0) is 14.9 Å². The van der Waals surface area contributed by atoms with E-state index in [1.165, 1.54) is 0 Å². The average Bonchev–Trinajstić information content (AvgIpc) is 3.24. The van der Waals surface area contributed by atoms with Crippen LogP contribution >= 0.6 is 11.6 Å². The van der Waals surface area contributed by atoms with Crippen molar-refractivity contribution in [3.8, 4) is 5.69 Å². The molecule has 1 aliphatic rings. The number of aromatic nitrogens is 2. The van der Waals surface area contributed by atoms with Gasteiger partial charge in [-0.2, -0.15) is 0 Å². The van der Waals surface area contributed by atoms with Crippen LogP contribution in [0, 0.1) is 0 Å². The number of hydrogen-bond acceptors (Lipinski definition) is 3. The summed E-state index contributed by atoms with van der Waals surface area (Å²) in [6, 6.07) is 23.4. The zero-order valence-corrected chi connectivity index (χ0v) is 17.7. The molecule has 0 bridgehead atoms. The van der Waals surface area contributed by atoms with Crippen LogP contribution in [-0.4, -0.2) is 28.7 Å². The smallest absolute Gasteiger partial charge is 0.235 e. The predicted molar refractivity (Wildman–Crippen MR) is 123 cm³/mol. The van der Waals surface area contributed by atoms with Crippen molar-refractivity contribution in [1.82, 2.24) is 9.55 Å². The number of rotatable bonds is 4. The van der Waals surface area contributed by atoms with Crippen LogP contribution in [0.15, 0.2) is 79.1 Å². The summed E-state index contributed by atoms with van der Waals surface area (Å²) in [7, 11) is 0. The van der Waals surface area contributed by atoms with E-state index >= 15 is 0 Å². The highest BCUT2D eigenvalue weighted by Crippen LogP contribution is 2.37. The summed E-state index contributed by atoms with van der Waals surface area (Å²) in [4.78, 5) is 17.9. The first-order chi connectivity index (χ1) is 15.2. The Labute approximate surface area is 185 Å². The molecule has 0 unspecified atom stereocenters. The van der Waals surface area contributed by atoms with Crippen molar-refractivity contribution in [2.24, 2.45) is 0 Å². The topological polar surface area (TPSA) is 56.2 Å². The number of para-hydroxylation sites is 2. The van der Waals surface area contributed by atoms with Gasteiger partial charge in [-0.15, -0.1) is 0 Å². The van der Waals surface area contributed by atoms with Crippen LogP contribution in [0.25, 0.3) is 16.7 Å². The number of fused-ring (bicyclic) bond motifs is 1. The Morgan fingerprint density at radius 2 is 1.77 bits per heavy atom. The van der Waals surface area contributed by atoms with Crippen molar-refractivity contribution >= 4 is 34.2 Å². The van der Waals surface area contributed by atoms with Gasteiger partial charge in [0.05, 0.1) is 16.4 Å². The van der Waals surface area contributed by atoms with Gasteiger partial charge in [0.2, 0.25) is 5.91 Å². The lowest BCUT2D eigenvalue weighted by Gasteiger charge is -2.36. The Balaban J connectivity index is 1.41. The molecule has 0 radical (unpaired) electrons. The van der Waals surface area contributed by atoms with E-state index in [9.17, 15) is 4.79 Å². The molecule has 5 nitrogen and oxygen atoms in total. The van der Waals surface area contributed by atoms with E-state index in [2.05, 4.69) is 10.3 Å². The van der Waals surface area contributed by atoms with E-state index < -0.39 is 5.41 Å². The summed E-state index contributed by atoms with van der Waals surface area (Å²) < 4.78 is 7.58. The number of imidazole rings is 1. The maximum absolute atomic E-state index is 13.5. The molecule has 4 aromatic rings. The molecule has 5 rings (SSSR count). The molecule has 0 saturated carbocycles. The third kappa shape index (κ3) is 3.71. The second-order valence-electron chi connectivity index (χ2n) is 7.81. The second kappa shape index (κ2) is 8.17.